The van der Waals surface area contributed by atoms with Crippen LogP contribution in [0.3, 0.4) is 0 Å². The van der Waals surface area contributed by atoms with E-state index >= 15 is 0 Å². The van der Waals surface area contributed by atoms with Gasteiger partial charge in [0.1, 0.15) is 6.04 Å². The minimum absolute atomic E-state index is 0. The average Bonchev–Trinajstić information content (AvgIpc) is 2.27. The average molecular weight is 263 g/mol. The third kappa shape index (κ3) is 3.30. The highest BCUT2D eigenvalue weighted by atomic mass is 35.5. The van der Waals surface area contributed by atoms with Crippen molar-refractivity contribution in [3.63, 3.8) is 0 Å². The van der Waals surface area contributed by atoms with Crippen LogP contribution in [0.1, 0.15) is 11.6 Å². The van der Waals surface area contributed by atoms with E-state index in [1.54, 1.807) is 0 Å². The Hall–Kier alpha value is -1.86. The van der Waals surface area contributed by atoms with Crippen molar-refractivity contribution in [3.05, 3.63) is 33.9 Å². The Morgan fingerprint density at radius 3 is 2.65 bits per heavy atom. The smallest absolute Gasteiger partial charge is 0.327 e. The number of rotatable bonds is 3. The monoisotopic (exact) mass is 262 g/mol. The van der Waals surface area contributed by atoms with Gasteiger partial charge in [-0.15, -0.1) is 12.4 Å². The molecule has 0 radical (unpaired) electrons. The summed E-state index contributed by atoms with van der Waals surface area (Å²) in [5, 5.41) is 19.7. The summed E-state index contributed by atoms with van der Waals surface area (Å²) in [6.45, 7) is 0. The van der Waals surface area contributed by atoms with Crippen LogP contribution in [0.15, 0.2) is 18.2 Å². The fourth-order valence-electron chi connectivity index (χ4n) is 1.14. The number of aromatic hydroxyl groups is 1. The molecule has 1 unspecified atom stereocenters. The van der Waals surface area contributed by atoms with Crippen LogP contribution in [-0.4, -0.2) is 23.1 Å². The first-order chi connectivity index (χ1) is 7.47. The molecule has 17 heavy (non-hydrogen) atoms. The number of halogens is 1. The fourth-order valence-corrected chi connectivity index (χ4v) is 1.14. The van der Waals surface area contributed by atoms with Gasteiger partial charge >= 0.3 is 11.7 Å². The number of carbonyl (C=O) groups is 1. The quantitative estimate of drug-likeness (QED) is 0.475. The third-order valence-electron chi connectivity index (χ3n) is 2.01. The molecule has 0 amide bonds. The van der Waals surface area contributed by atoms with Crippen LogP contribution in [0.5, 0.6) is 5.75 Å². The number of nitrogens with two attached hydrogens (primary N) is 1. The molecule has 0 aliphatic heterocycles. The molecule has 0 heterocycles. The van der Waals surface area contributed by atoms with Crippen LogP contribution in [0.4, 0.5) is 5.69 Å². The lowest BCUT2D eigenvalue weighted by atomic mass is 10.1. The molecule has 1 aromatic carbocycles. The summed E-state index contributed by atoms with van der Waals surface area (Å²) in [6.07, 6.45) is 0. The molecule has 0 bridgehead atoms. The SMILES string of the molecule is COC(=O)C(N)c1ccc(O)c([N+](=O)[O-])c1.Cl. The van der Waals surface area contributed by atoms with Crippen LogP contribution in [0, 0.1) is 10.1 Å². The highest BCUT2D eigenvalue weighted by Crippen LogP contribution is 2.28. The van der Waals surface area contributed by atoms with Crippen molar-refractivity contribution >= 4 is 24.1 Å². The van der Waals surface area contributed by atoms with E-state index < -0.39 is 28.4 Å². The van der Waals surface area contributed by atoms with Crippen molar-refractivity contribution in [2.24, 2.45) is 5.73 Å². The van der Waals surface area contributed by atoms with Gasteiger partial charge < -0.3 is 15.6 Å². The van der Waals surface area contributed by atoms with Gasteiger partial charge in [-0.2, -0.15) is 0 Å². The Bertz CT molecular complexity index is 437. The Labute approximate surface area is 103 Å². The number of nitro groups is 1. The van der Waals surface area contributed by atoms with E-state index in [0.717, 1.165) is 19.2 Å². The summed E-state index contributed by atoms with van der Waals surface area (Å²) in [5.74, 6) is -1.19. The molecule has 0 aliphatic rings. The number of esters is 1. The van der Waals surface area contributed by atoms with Crippen LogP contribution in [0.25, 0.3) is 0 Å². The van der Waals surface area contributed by atoms with Crippen molar-refractivity contribution in [3.8, 4) is 5.75 Å². The zero-order chi connectivity index (χ0) is 12.3. The number of hydrogen-bond acceptors (Lipinski definition) is 6. The normalized spacial score (nSPS) is 11.2. The predicted molar refractivity (Wildman–Crippen MR) is 61.0 cm³/mol. The first kappa shape index (κ1) is 15.1. The van der Waals surface area contributed by atoms with Gasteiger partial charge in [-0.05, 0) is 11.6 Å². The second kappa shape index (κ2) is 6.02. The number of ether oxygens (including phenoxy) is 1. The highest BCUT2D eigenvalue weighted by molar-refractivity contribution is 5.85. The summed E-state index contributed by atoms with van der Waals surface area (Å²) in [6, 6.07) is 2.36. The number of methoxy groups -OCH3 is 1. The van der Waals surface area contributed by atoms with Gasteiger partial charge in [-0.1, -0.05) is 6.07 Å². The minimum atomic E-state index is -1.11. The number of phenolic OH excluding ortho intramolecular Hbond substituents is 1. The number of carbonyl (C=O) groups excluding carboxylic acids is 1. The van der Waals surface area contributed by atoms with Crippen molar-refractivity contribution in [1.82, 2.24) is 0 Å². The lowest BCUT2D eigenvalue weighted by Crippen LogP contribution is -2.22. The van der Waals surface area contributed by atoms with Gasteiger partial charge in [-0.3, -0.25) is 14.9 Å². The largest absolute Gasteiger partial charge is 0.502 e. The summed E-state index contributed by atoms with van der Waals surface area (Å²) in [5.41, 5.74) is 5.19. The van der Waals surface area contributed by atoms with E-state index in [2.05, 4.69) is 4.74 Å². The van der Waals surface area contributed by atoms with Crippen molar-refractivity contribution < 1.29 is 19.6 Å². The number of phenols is 1. The molecular weight excluding hydrogens is 252 g/mol. The molecule has 0 fully saturated rings. The van der Waals surface area contributed by atoms with Crippen LogP contribution in [-0.2, 0) is 9.53 Å². The first-order valence-electron chi connectivity index (χ1n) is 4.28. The Balaban J connectivity index is 0.00000256. The zero-order valence-electron chi connectivity index (χ0n) is 8.82. The molecule has 8 heteroatoms. The van der Waals surface area contributed by atoms with Crippen molar-refractivity contribution in [2.75, 3.05) is 7.11 Å². The third-order valence-corrected chi connectivity index (χ3v) is 2.01. The van der Waals surface area contributed by atoms with Gasteiger partial charge in [0.05, 0.1) is 12.0 Å². The van der Waals surface area contributed by atoms with E-state index in [-0.39, 0.29) is 18.0 Å². The van der Waals surface area contributed by atoms with Gasteiger partial charge in [0.25, 0.3) is 0 Å². The Morgan fingerprint density at radius 1 is 1.59 bits per heavy atom. The van der Waals surface area contributed by atoms with Crippen LogP contribution >= 0.6 is 12.4 Å². The summed E-state index contributed by atoms with van der Waals surface area (Å²) >= 11 is 0. The molecule has 0 saturated carbocycles. The maximum Gasteiger partial charge on any atom is 0.327 e. The van der Waals surface area contributed by atoms with Crippen molar-refractivity contribution in [1.29, 1.82) is 0 Å². The molecule has 7 nitrogen and oxygen atoms in total. The van der Waals surface area contributed by atoms with E-state index in [9.17, 15) is 20.0 Å². The van der Waals surface area contributed by atoms with E-state index in [4.69, 9.17) is 5.73 Å². The highest BCUT2D eigenvalue weighted by Gasteiger charge is 2.21. The maximum atomic E-state index is 11.1. The topological polar surface area (TPSA) is 116 Å². The van der Waals surface area contributed by atoms with Gasteiger partial charge in [0, 0.05) is 6.07 Å². The van der Waals surface area contributed by atoms with Gasteiger partial charge in [0.15, 0.2) is 5.75 Å². The number of benzene rings is 1. The summed E-state index contributed by atoms with van der Waals surface area (Å²) in [7, 11) is 1.16. The minimum Gasteiger partial charge on any atom is -0.502 e. The summed E-state index contributed by atoms with van der Waals surface area (Å²) in [4.78, 5) is 20.9. The van der Waals surface area contributed by atoms with Crippen LogP contribution in [0.2, 0.25) is 0 Å². The standard InChI is InChI=1S/C9H10N2O5.ClH/c1-16-9(13)8(10)5-2-3-7(12)6(4-5)11(14)15;/h2-4,8,12H,10H2,1H3;1H. The number of nitro benzene ring substituents is 1. The molecule has 0 spiro atoms. The van der Waals surface area contributed by atoms with E-state index in [1.807, 2.05) is 0 Å². The Morgan fingerprint density at radius 2 is 2.18 bits per heavy atom. The molecule has 0 aliphatic carbocycles. The molecule has 0 saturated heterocycles. The molecule has 3 N–H and O–H groups in total. The second-order valence-electron chi connectivity index (χ2n) is 3.01. The van der Waals surface area contributed by atoms with E-state index in [0.29, 0.717) is 0 Å². The van der Waals surface area contributed by atoms with Gasteiger partial charge in [-0.25, -0.2) is 0 Å². The summed E-state index contributed by atoms with van der Waals surface area (Å²) < 4.78 is 4.40. The molecule has 1 rings (SSSR count). The molecule has 94 valence electrons. The second-order valence-corrected chi connectivity index (χ2v) is 3.01. The van der Waals surface area contributed by atoms with Crippen LogP contribution < -0.4 is 5.73 Å². The number of hydrogen-bond donors (Lipinski definition) is 2. The maximum absolute atomic E-state index is 11.1. The predicted octanol–water partition coefficient (Wildman–Crippen LogP) is 0.895. The molecular formula is C9H11ClN2O5. The lowest BCUT2D eigenvalue weighted by molar-refractivity contribution is -0.385. The van der Waals surface area contributed by atoms with Gasteiger partial charge in [0.2, 0.25) is 0 Å². The molecule has 0 aromatic heterocycles. The van der Waals surface area contributed by atoms with Crippen molar-refractivity contribution in [2.45, 2.75) is 6.04 Å². The molecule has 1 aromatic rings. The fraction of sp³-hybridized carbons (Fsp3) is 0.222. The van der Waals surface area contributed by atoms with E-state index in [1.165, 1.54) is 6.07 Å². The first-order valence-corrected chi connectivity index (χ1v) is 4.28. The number of nitrogens with zero attached hydrogens (tertiary/aromatic N) is 1. The lowest BCUT2D eigenvalue weighted by Gasteiger charge is -2.09. The Kier molecular flexibility index (Phi) is 5.36. The molecule has 1 atom stereocenters. The zero-order valence-corrected chi connectivity index (χ0v) is 9.64.